The van der Waals surface area contributed by atoms with Crippen molar-refractivity contribution in [3.8, 4) is 0 Å². The summed E-state index contributed by atoms with van der Waals surface area (Å²) in [6.45, 7) is 2.10. The molecule has 1 rings (SSSR count). The molecule has 0 saturated heterocycles. The number of unbranched alkanes of at least 4 members (excludes halogenated alkanes) is 2. The van der Waals surface area contributed by atoms with Crippen LogP contribution >= 0.6 is 0 Å². The topological polar surface area (TPSA) is 61.7 Å². The molecule has 1 aliphatic heterocycles. The Labute approximate surface area is 71.7 Å². The molecule has 1 unspecified atom stereocenters. The van der Waals surface area contributed by atoms with Gasteiger partial charge < -0.3 is 5.11 Å². The van der Waals surface area contributed by atoms with Gasteiger partial charge in [-0.25, -0.2) is 5.43 Å². The third-order valence-corrected chi connectivity index (χ3v) is 2.01. The monoisotopic (exact) mass is 170 g/mol. The summed E-state index contributed by atoms with van der Waals surface area (Å²) in [5, 5.41) is 12.6. The largest absolute Gasteiger partial charge is 0.495 e. The molecule has 0 aromatic carbocycles. The summed E-state index contributed by atoms with van der Waals surface area (Å²) in [6.07, 6.45) is 3.88. The zero-order valence-electron chi connectivity index (χ0n) is 7.21. The van der Waals surface area contributed by atoms with Crippen molar-refractivity contribution >= 4 is 11.8 Å². The lowest BCUT2D eigenvalue weighted by molar-refractivity contribution is -0.122. The summed E-state index contributed by atoms with van der Waals surface area (Å²) in [5.41, 5.74) is 2.25. The van der Waals surface area contributed by atoms with Gasteiger partial charge in [0.2, 0.25) is 5.90 Å². The average molecular weight is 170 g/mol. The molecule has 1 amide bonds. The van der Waals surface area contributed by atoms with Gasteiger partial charge in [0.1, 0.15) is 5.92 Å². The molecule has 0 bridgehead atoms. The van der Waals surface area contributed by atoms with E-state index < -0.39 is 5.92 Å². The Balaban J connectivity index is 2.31. The zero-order chi connectivity index (χ0) is 8.97. The number of aliphatic hydroxyl groups is 1. The van der Waals surface area contributed by atoms with Gasteiger partial charge in [0.15, 0.2) is 0 Å². The molecule has 4 heteroatoms. The van der Waals surface area contributed by atoms with E-state index in [1.54, 1.807) is 0 Å². The van der Waals surface area contributed by atoms with Gasteiger partial charge in [0.05, 0.1) is 0 Å². The highest BCUT2D eigenvalue weighted by Crippen LogP contribution is 2.14. The predicted octanol–water partition coefficient (Wildman–Crippen LogP) is 1.18. The SMILES string of the molecule is CCCCCC1C(=O)NN=C1O. The Kier molecular flexibility index (Phi) is 3.08. The summed E-state index contributed by atoms with van der Waals surface area (Å²) in [4.78, 5) is 11.0. The summed E-state index contributed by atoms with van der Waals surface area (Å²) in [7, 11) is 0. The summed E-state index contributed by atoms with van der Waals surface area (Å²) in [5.74, 6) is -0.628. The van der Waals surface area contributed by atoms with E-state index in [-0.39, 0.29) is 11.8 Å². The number of carbonyl (C=O) groups is 1. The summed E-state index contributed by atoms with van der Waals surface area (Å²) in [6, 6.07) is 0. The first-order valence-electron chi connectivity index (χ1n) is 4.32. The molecule has 0 spiro atoms. The van der Waals surface area contributed by atoms with Crippen molar-refractivity contribution in [3.63, 3.8) is 0 Å². The molecule has 0 aromatic rings. The average Bonchev–Trinajstić information content (AvgIpc) is 2.35. The number of hydrogen-bond donors (Lipinski definition) is 2. The van der Waals surface area contributed by atoms with Crippen molar-refractivity contribution < 1.29 is 9.90 Å². The van der Waals surface area contributed by atoms with Gasteiger partial charge in [-0.2, -0.15) is 0 Å². The fourth-order valence-corrected chi connectivity index (χ4v) is 1.24. The number of hydrogen-bond acceptors (Lipinski definition) is 2. The predicted molar refractivity (Wildman–Crippen MR) is 45.8 cm³/mol. The molecule has 0 radical (unpaired) electrons. The smallest absolute Gasteiger partial charge is 0.252 e. The quantitative estimate of drug-likeness (QED) is 0.622. The van der Waals surface area contributed by atoms with Crippen LogP contribution in [-0.2, 0) is 4.79 Å². The van der Waals surface area contributed by atoms with Crippen LogP contribution in [0.25, 0.3) is 0 Å². The molecule has 0 saturated carbocycles. The molecular weight excluding hydrogens is 156 g/mol. The van der Waals surface area contributed by atoms with Crippen LogP contribution in [0.2, 0.25) is 0 Å². The van der Waals surface area contributed by atoms with Gasteiger partial charge in [0.25, 0.3) is 5.91 Å². The molecule has 1 atom stereocenters. The van der Waals surface area contributed by atoms with E-state index in [0.717, 1.165) is 19.3 Å². The molecule has 68 valence electrons. The maximum Gasteiger partial charge on any atom is 0.252 e. The van der Waals surface area contributed by atoms with E-state index in [1.807, 2.05) is 0 Å². The maximum absolute atomic E-state index is 11.0. The van der Waals surface area contributed by atoms with E-state index in [1.165, 1.54) is 0 Å². The first-order valence-corrected chi connectivity index (χ1v) is 4.32. The van der Waals surface area contributed by atoms with Gasteiger partial charge in [-0.05, 0) is 6.42 Å². The van der Waals surface area contributed by atoms with Crippen molar-refractivity contribution in [1.29, 1.82) is 0 Å². The van der Waals surface area contributed by atoms with E-state index in [9.17, 15) is 4.79 Å². The second-order valence-electron chi connectivity index (χ2n) is 2.99. The number of amides is 1. The minimum atomic E-state index is -0.392. The molecule has 12 heavy (non-hydrogen) atoms. The number of carbonyl (C=O) groups excluding carboxylic acids is 1. The van der Waals surface area contributed by atoms with Crippen LogP contribution < -0.4 is 5.43 Å². The first-order chi connectivity index (χ1) is 5.75. The van der Waals surface area contributed by atoms with Gasteiger partial charge in [-0.15, -0.1) is 5.10 Å². The highest BCUT2D eigenvalue weighted by Gasteiger charge is 2.28. The molecule has 0 aromatic heterocycles. The zero-order valence-corrected chi connectivity index (χ0v) is 7.21. The first kappa shape index (κ1) is 9.03. The van der Waals surface area contributed by atoms with Crippen molar-refractivity contribution in [2.24, 2.45) is 11.0 Å². The Morgan fingerprint density at radius 2 is 2.33 bits per heavy atom. The maximum atomic E-state index is 11.0. The fraction of sp³-hybridized carbons (Fsp3) is 0.750. The van der Waals surface area contributed by atoms with Crippen molar-refractivity contribution in [2.45, 2.75) is 32.6 Å². The van der Waals surface area contributed by atoms with Gasteiger partial charge >= 0.3 is 0 Å². The number of hydrazone groups is 1. The van der Waals surface area contributed by atoms with Crippen molar-refractivity contribution in [2.75, 3.05) is 0 Å². The lowest BCUT2D eigenvalue weighted by Crippen LogP contribution is -2.22. The number of nitrogens with zero attached hydrogens (tertiary/aromatic N) is 1. The molecule has 0 fully saturated rings. The molecule has 2 N–H and O–H groups in total. The van der Waals surface area contributed by atoms with Gasteiger partial charge in [-0.3, -0.25) is 4.79 Å². The summed E-state index contributed by atoms with van der Waals surface area (Å²) < 4.78 is 0. The minimum absolute atomic E-state index is 0.0592. The molecule has 1 aliphatic rings. The van der Waals surface area contributed by atoms with Crippen LogP contribution in [0.5, 0.6) is 0 Å². The van der Waals surface area contributed by atoms with Crippen LogP contribution in [-0.4, -0.2) is 16.9 Å². The second-order valence-corrected chi connectivity index (χ2v) is 2.99. The minimum Gasteiger partial charge on any atom is -0.495 e. The normalized spacial score (nSPS) is 22.2. The third-order valence-electron chi connectivity index (χ3n) is 2.01. The highest BCUT2D eigenvalue weighted by molar-refractivity contribution is 6.03. The molecule has 0 aliphatic carbocycles. The fourth-order valence-electron chi connectivity index (χ4n) is 1.24. The molecule has 4 nitrogen and oxygen atoms in total. The number of aliphatic hydroxyl groups excluding tert-OH is 1. The molecule has 1 heterocycles. The van der Waals surface area contributed by atoms with E-state index in [0.29, 0.717) is 6.42 Å². The molecular formula is C8H14N2O2. The highest BCUT2D eigenvalue weighted by atomic mass is 16.3. The van der Waals surface area contributed by atoms with E-state index >= 15 is 0 Å². The van der Waals surface area contributed by atoms with Crippen LogP contribution in [0.4, 0.5) is 0 Å². The van der Waals surface area contributed by atoms with E-state index in [4.69, 9.17) is 5.11 Å². The summed E-state index contributed by atoms with van der Waals surface area (Å²) >= 11 is 0. The van der Waals surface area contributed by atoms with Crippen LogP contribution in [0.15, 0.2) is 5.10 Å². The Morgan fingerprint density at radius 1 is 1.58 bits per heavy atom. The standard InChI is InChI=1S/C8H14N2O2/c1-2-3-4-5-6-7(11)9-10-8(6)12/h6H,2-5H2,1H3,(H,9,11)(H,10,12). The van der Waals surface area contributed by atoms with Crippen molar-refractivity contribution in [3.05, 3.63) is 0 Å². The Bertz CT molecular complexity index is 201. The second kappa shape index (κ2) is 4.09. The van der Waals surface area contributed by atoms with Gasteiger partial charge in [-0.1, -0.05) is 26.2 Å². The number of nitrogens with one attached hydrogen (secondary N) is 1. The third kappa shape index (κ3) is 1.96. The Hall–Kier alpha value is -1.06. The van der Waals surface area contributed by atoms with Crippen molar-refractivity contribution in [1.82, 2.24) is 5.43 Å². The number of rotatable bonds is 4. The van der Waals surface area contributed by atoms with Crippen LogP contribution in [0.1, 0.15) is 32.6 Å². The lowest BCUT2D eigenvalue weighted by Gasteiger charge is -2.04. The van der Waals surface area contributed by atoms with Crippen LogP contribution in [0, 0.1) is 5.92 Å². The van der Waals surface area contributed by atoms with E-state index in [2.05, 4.69) is 17.5 Å². The van der Waals surface area contributed by atoms with Gasteiger partial charge in [0, 0.05) is 0 Å². The Morgan fingerprint density at radius 3 is 2.83 bits per heavy atom. The van der Waals surface area contributed by atoms with Crippen LogP contribution in [0.3, 0.4) is 0 Å². The lowest BCUT2D eigenvalue weighted by atomic mass is 10.0.